The summed E-state index contributed by atoms with van der Waals surface area (Å²) in [5.74, 6) is 2.97. The first kappa shape index (κ1) is 16.7. The SMILES string of the molecule is CCNc1nc(C(C)C)nc(NC(C)COCC)c1C. The highest BCUT2D eigenvalue weighted by Crippen LogP contribution is 2.23. The zero-order valence-electron chi connectivity index (χ0n) is 13.6. The summed E-state index contributed by atoms with van der Waals surface area (Å²) >= 11 is 0. The summed E-state index contributed by atoms with van der Waals surface area (Å²) in [5.41, 5.74) is 1.06. The molecule has 20 heavy (non-hydrogen) atoms. The number of hydrogen-bond acceptors (Lipinski definition) is 5. The highest BCUT2D eigenvalue weighted by Gasteiger charge is 2.14. The van der Waals surface area contributed by atoms with Gasteiger partial charge in [-0.05, 0) is 27.7 Å². The van der Waals surface area contributed by atoms with Gasteiger partial charge in [0.2, 0.25) is 0 Å². The molecule has 0 spiro atoms. The summed E-state index contributed by atoms with van der Waals surface area (Å²) in [7, 11) is 0. The average Bonchev–Trinajstić information content (AvgIpc) is 2.40. The van der Waals surface area contributed by atoms with Crippen LogP contribution in [-0.2, 0) is 4.74 Å². The normalized spacial score (nSPS) is 12.6. The van der Waals surface area contributed by atoms with Gasteiger partial charge in [0.15, 0.2) is 0 Å². The summed E-state index contributed by atoms with van der Waals surface area (Å²) < 4.78 is 5.44. The molecule has 0 aliphatic rings. The Morgan fingerprint density at radius 2 is 1.75 bits per heavy atom. The smallest absolute Gasteiger partial charge is 0.135 e. The van der Waals surface area contributed by atoms with Gasteiger partial charge in [0.25, 0.3) is 0 Å². The Bertz CT molecular complexity index is 421. The minimum Gasteiger partial charge on any atom is -0.380 e. The lowest BCUT2D eigenvalue weighted by Crippen LogP contribution is -2.24. The van der Waals surface area contributed by atoms with Gasteiger partial charge < -0.3 is 15.4 Å². The summed E-state index contributed by atoms with van der Waals surface area (Å²) in [6.45, 7) is 14.7. The highest BCUT2D eigenvalue weighted by atomic mass is 16.5. The van der Waals surface area contributed by atoms with Gasteiger partial charge in [-0.25, -0.2) is 9.97 Å². The van der Waals surface area contributed by atoms with Crippen molar-refractivity contribution >= 4 is 11.6 Å². The van der Waals surface area contributed by atoms with Crippen LogP contribution in [-0.4, -0.2) is 35.8 Å². The molecule has 1 unspecified atom stereocenters. The number of hydrogen-bond donors (Lipinski definition) is 2. The third-order valence-corrected chi connectivity index (χ3v) is 2.98. The van der Waals surface area contributed by atoms with Crippen LogP contribution in [0.1, 0.15) is 51.9 Å². The van der Waals surface area contributed by atoms with E-state index in [9.17, 15) is 0 Å². The minimum atomic E-state index is 0.220. The molecule has 0 saturated heterocycles. The van der Waals surface area contributed by atoms with Gasteiger partial charge in [-0.15, -0.1) is 0 Å². The Hall–Kier alpha value is -1.36. The molecule has 1 rings (SSSR count). The van der Waals surface area contributed by atoms with Gasteiger partial charge in [-0.2, -0.15) is 0 Å². The van der Waals surface area contributed by atoms with Crippen molar-refractivity contribution in [2.45, 2.75) is 53.5 Å². The number of ether oxygens (including phenoxy) is 1. The van der Waals surface area contributed by atoms with Crippen LogP contribution in [0.4, 0.5) is 11.6 Å². The molecule has 5 heteroatoms. The molecule has 0 aliphatic heterocycles. The summed E-state index contributed by atoms with van der Waals surface area (Å²) in [6, 6.07) is 0.220. The third-order valence-electron chi connectivity index (χ3n) is 2.98. The molecule has 114 valence electrons. The summed E-state index contributed by atoms with van der Waals surface area (Å²) in [4.78, 5) is 9.24. The van der Waals surface area contributed by atoms with Gasteiger partial charge in [-0.1, -0.05) is 13.8 Å². The van der Waals surface area contributed by atoms with Gasteiger partial charge in [0.1, 0.15) is 17.5 Å². The molecule has 0 amide bonds. The molecular formula is C15H28N4O. The largest absolute Gasteiger partial charge is 0.380 e. The second-order valence-corrected chi connectivity index (χ2v) is 5.29. The van der Waals surface area contributed by atoms with Gasteiger partial charge in [0, 0.05) is 30.7 Å². The van der Waals surface area contributed by atoms with Crippen molar-refractivity contribution in [1.82, 2.24) is 9.97 Å². The fourth-order valence-electron chi connectivity index (χ4n) is 1.84. The molecule has 1 aromatic rings. The van der Waals surface area contributed by atoms with Crippen molar-refractivity contribution in [3.05, 3.63) is 11.4 Å². The third kappa shape index (κ3) is 4.63. The molecule has 2 N–H and O–H groups in total. The van der Waals surface area contributed by atoms with Crippen LogP contribution in [0, 0.1) is 6.92 Å². The highest BCUT2D eigenvalue weighted by molar-refractivity contribution is 5.57. The monoisotopic (exact) mass is 280 g/mol. The quantitative estimate of drug-likeness (QED) is 0.766. The Kier molecular flexibility index (Phi) is 6.71. The zero-order valence-corrected chi connectivity index (χ0v) is 13.6. The molecule has 0 aliphatic carbocycles. The van der Waals surface area contributed by atoms with Crippen molar-refractivity contribution in [2.24, 2.45) is 0 Å². The summed E-state index contributed by atoms with van der Waals surface area (Å²) in [5, 5.41) is 6.73. The Morgan fingerprint density at radius 1 is 1.10 bits per heavy atom. The molecule has 0 radical (unpaired) electrons. The first-order chi connectivity index (χ1) is 9.49. The molecule has 0 bridgehead atoms. The topological polar surface area (TPSA) is 59.1 Å². The maximum atomic E-state index is 5.44. The standard InChI is InChI=1S/C15H28N4O/c1-7-16-14-12(6)15(17-11(5)9-20-8-2)19-13(18-14)10(3)4/h10-11H,7-9H2,1-6H3,(H2,16,17,18,19). The van der Waals surface area contributed by atoms with Crippen molar-refractivity contribution in [2.75, 3.05) is 30.4 Å². The predicted molar refractivity (Wildman–Crippen MR) is 84.6 cm³/mol. The van der Waals surface area contributed by atoms with Gasteiger partial charge in [-0.3, -0.25) is 0 Å². The van der Waals surface area contributed by atoms with E-state index in [1.165, 1.54) is 0 Å². The number of aromatic nitrogens is 2. The van der Waals surface area contributed by atoms with E-state index >= 15 is 0 Å². The number of nitrogens with one attached hydrogen (secondary N) is 2. The number of nitrogens with zero attached hydrogens (tertiary/aromatic N) is 2. The van der Waals surface area contributed by atoms with Crippen LogP contribution in [0.15, 0.2) is 0 Å². The van der Waals surface area contributed by atoms with E-state index < -0.39 is 0 Å². The van der Waals surface area contributed by atoms with Crippen molar-refractivity contribution < 1.29 is 4.74 Å². The molecular weight excluding hydrogens is 252 g/mol. The van der Waals surface area contributed by atoms with Crippen molar-refractivity contribution in [3.63, 3.8) is 0 Å². The van der Waals surface area contributed by atoms with E-state index in [2.05, 4.69) is 48.3 Å². The Morgan fingerprint density at radius 3 is 2.30 bits per heavy atom. The fourth-order valence-corrected chi connectivity index (χ4v) is 1.84. The van der Waals surface area contributed by atoms with E-state index in [1.807, 2.05) is 13.8 Å². The molecule has 1 atom stereocenters. The number of rotatable bonds is 8. The van der Waals surface area contributed by atoms with Crippen molar-refractivity contribution in [3.8, 4) is 0 Å². The maximum absolute atomic E-state index is 5.44. The molecule has 1 heterocycles. The predicted octanol–water partition coefficient (Wildman–Crippen LogP) is 3.18. The molecule has 0 aromatic carbocycles. The molecule has 0 saturated carbocycles. The van der Waals surface area contributed by atoms with Crippen LogP contribution in [0.25, 0.3) is 0 Å². The lowest BCUT2D eigenvalue weighted by Gasteiger charge is -2.19. The Labute approximate surface area is 122 Å². The van der Waals surface area contributed by atoms with Crippen LogP contribution < -0.4 is 10.6 Å². The van der Waals surface area contributed by atoms with Crippen LogP contribution in [0.3, 0.4) is 0 Å². The van der Waals surface area contributed by atoms with Gasteiger partial charge in [0.05, 0.1) is 6.61 Å². The molecule has 5 nitrogen and oxygen atoms in total. The lowest BCUT2D eigenvalue weighted by atomic mass is 10.2. The van der Waals surface area contributed by atoms with Gasteiger partial charge >= 0.3 is 0 Å². The van der Waals surface area contributed by atoms with E-state index in [4.69, 9.17) is 4.74 Å². The first-order valence-corrected chi connectivity index (χ1v) is 7.46. The van der Waals surface area contributed by atoms with Crippen LogP contribution in [0.5, 0.6) is 0 Å². The lowest BCUT2D eigenvalue weighted by molar-refractivity contribution is 0.141. The number of anilines is 2. The van der Waals surface area contributed by atoms with Crippen molar-refractivity contribution in [1.29, 1.82) is 0 Å². The van der Waals surface area contributed by atoms with E-state index in [1.54, 1.807) is 0 Å². The van der Waals surface area contributed by atoms with Crippen LogP contribution in [0.2, 0.25) is 0 Å². The van der Waals surface area contributed by atoms with E-state index in [-0.39, 0.29) is 6.04 Å². The molecule has 0 fully saturated rings. The first-order valence-electron chi connectivity index (χ1n) is 7.46. The molecule has 1 aromatic heterocycles. The minimum absolute atomic E-state index is 0.220. The Balaban J connectivity index is 2.97. The fraction of sp³-hybridized carbons (Fsp3) is 0.733. The average molecular weight is 280 g/mol. The van der Waals surface area contributed by atoms with Crippen LogP contribution >= 0.6 is 0 Å². The second kappa shape index (κ2) is 8.04. The van der Waals surface area contributed by atoms with E-state index in [0.29, 0.717) is 12.5 Å². The second-order valence-electron chi connectivity index (χ2n) is 5.29. The summed E-state index contributed by atoms with van der Waals surface area (Å²) in [6.07, 6.45) is 0. The van der Waals surface area contributed by atoms with E-state index in [0.717, 1.165) is 36.2 Å². The maximum Gasteiger partial charge on any atom is 0.135 e. The zero-order chi connectivity index (χ0) is 15.1.